The second-order valence-electron chi connectivity index (χ2n) is 6.89. The summed E-state index contributed by atoms with van der Waals surface area (Å²) in [6.45, 7) is 0.0819. The highest BCUT2D eigenvalue weighted by Crippen LogP contribution is 2.35. The molecule has 0 saturated carbocycles. The van der Waals surface area contributed by atoms with Gasteiger partial charge in [0.15, 0.2) is 19.7 Å². The number of halogens is 3. The molecular formula is C19H19F3O5S2. The summed E-state index contributed by atoms with van der Waals surface area (Å²) >= 11 is 0. The molecule has 0 amide bonds. The second kappa shape index (κ2) is 8.08. The van der Waals surface area contributed by atoms with Gasteiger partial charge in [0, 0.05) is 18.4 Å². The van der Waals surface area contributed by atoms with E-state index in [4.69, 9.17) is 4.74 Å². The Morgan fingerprint density at radius 1 is 1.07 bits per heavy atom. The number of sulfone groups is 2. The summed E-state index contributed by atoms with van der Waals surface area (Å²) in [7, 11) is -7.64. The zero-order chi connectivity index (χ0) is 21.4. The number of ether oxygens (including phenoxy) is 1. The van der Waals surface area contributed by atoms with Crippen LogP contribution in [-0.2, 0) is 24.4 Å². The Labute approximate surface area is 167 Å². The first kappa shape index (κ1) is 21.8. The van der Waals surface area contributed by atoms with Crippen molar-refractivity contribution in [3.8, 4) is 0 Å². The normalized spacial score (nSPS) is 20.7. The Bertz CT molecular complexity index is 1110. The van der Waals surface area contributed by atoms with Crippen LogP contribution in [0.5, 0.6) is 0 Å². The molecule has 1 aliphatic heterocycles. The molecule has 1 aliphatic rings. The van der Waals surface area contributed by atoms with E-state index in [1.54, 1.807) is 0 Å². The van der Waals surface area contributed by atoms with Crippen molar-refractivity contribution >= 4 is 19.7 Å². The van der Waals surface area contributed by atoms with Crippen molar-refractivity contribution in [1.29, 1.82) is 0 Å². The monoisotopic (exact) mass is 448 g/mol. The Morgan fingerprint density at radius 2 is 1.79 bits per heavy atom. The van der Waals surface area contributed by atoms with Crippen LogP contribution in [0.2, 0.25) is 0 Å². The molecule has 2 atom stereocenters. The molecule has 2 aromatic carbocycles. The van der Waals surface area contributed by atoms with Crippen molar-refractivity contribution in [3.63, 3.8) is 0 Å². The van der Waals surface area contributed by atoms with Gasteiger partial charge in [-0.1, -0.05) is 18.2 Å². The molecule has 3 rings (SSSR count). The summed E-state index contributed by atoms with van der Waals surface area (Å²) in [6, 6.07) is 8.18. The van der Waals surface area contributed by atoms with E-state index in [-0.39, 0.29) is 29.9 Å². The van der Waals surface area contributed by atoms with Crippen molar-refractivity contribution in [1.82, 2.24) is 0 Å². The largest absolute Gasteiger partial charge is 0.373 e. The zero-order valence-electron chi connectivity index (χ0n) is 15.4. The van der Waals surface area contributed by atoms with Gasteiger partial charge >= 0.3 is 0 Å². The highest BCUT2D eigenvalue weighted by atomic mass is 32.2. The second-order valence-corrected chi connectivity index (χ2v) is 11.1. The maximum atomic E-state index is 14.2. The van der Waals surface area contributed by atoms with E-state index in [0.29, 0.717) is 5.56 Å². The van der Waals surface area contributed by atoms with E-state index >= 15 is 0 Å². The van der Waals surface area contributed by atoms with Crippen LogP contribution in [0.25, 0.3) is 0 Å². The first-order valence-electron chi connectivity index (χ1n) is 8.73. The van der Waals surface area contributed by atoms with Crippen LogP contribution in [-0.4, -0.2) is 34.9 Å². The fourth-order valence-corrected chi connectivity index (χ4v) is 5.83. The molecule has 1 heterocycles. The molecule has 1 saturated heterocycles. The van der Waals surface area contributed by atoms with Crippen molar-refractivity contribution in [2.75, 3.05) is 12.9 Å². The number of hydrogen-bond donors (Lipinski definition) is 0. The lowest BCUT2D eigenvalue weighted by Crippen LogP contribution is -2.31. The van der Waals surface area contributed by atoms with E-state index in [9.17, 15) is 30.0 Å². The van der Waals surface area contributed by atoms with Crippen LogP contribution < -0.4 is 0 Å². The third-order valence-corrected chi connectivity index (χ3v) is 8.19. The van der Waals surface area contributed by atoms with E-state index < -0.39 is 48.2 Å². The lowest BCUT2D eigenvalue weighted by atomic mass is 10.0. The number of rotatable bonds is 5. The topological polar surface area (TPSA) is 77.5 Å². The molecule has 29 heavy (non-hydrogen) atoms. The van der Waals surface area contributed by atoms with Crippen LogP contribution >= 0.6 is 0 Å². The molecule has 0 bridgehead atoms. The van der Waals surface area contributed by atoms with Crippen LogP contribution in [0, 0.1) is 5.82 Å². The van der Waals surface area contributed by atoms with Crippen molar-refractivity contribution in [2.24, 2.45) is 0 Å². The van der Waals surface area contributed by atoms with E-state index in [0.717, 1.165) is 30.5 Å². The Kier molecular flexibility index (Phi) is 6.07. The maximum absolute atomic E-state index is 14.2. The van der Waals surface area contributed by atoms with Gasteiger partial charge in [-0.15, -0.1) is 0 Å². The number of hydrogen-bond acceptors (Lipinski definition) is 5. The average Bonchev–Trinajstić information content (AvgIpc) is 2.67. The molecule has 10 heteroatoms. The molecule has 0 aromatic heterocycles. The summed E-state index contributed by atoms with van der Waals surface area (Å²) in [5.74, 6) is -0.941. The van der Waals surface area contributed by atoms with Gasteiger partial charge in [-0.2, -0.15) is 0 Å². The van der Waals surface area contributed by atoms with Crippen molar-refractivity contribution in [3.05, 3.63) is 59.4 Å². The molecule has 5 nitrogen and oxygen atoms in total. The highest BCUT2D eigenvalue weighted by molar-refractivity contribution is 7.92. The molecule has 0 spiro atoms. The number of benzene rings is 2. The molecule has 158 valence electrons. The first-order valence-corrected chi connectivity index (χ1v) is 12.2. The quantitative estimate of drug-likeness (QED) is 0.694. The van der Waals surface area contributed by atoms with Gasteiger partial charge in [0.25, 0.3) is 6.43 Å². The zero-order valence-corrected chi connectivity index (χ0v) is 17.0. The SMILES string of the molecule is CS(=O)(=O)c1ccc(C2CC(S(=O)(=O)c3cccc(C(F)F)c3)CCO2)cc1F. The minimum atomic E-state index is -3.90. The van der Waals surface area contributed by atoms with Crippen LogP contribution in [0.1, 0.15) is 36.5 Å². The predicted molar refractivity (Wildman–Crippen MR) is 99.8 cm³/mol. The van der Waals surface area contributed by atoms with Crippen molar-refractivity contribution in [2.45, 2.75) is 40.4 Å². The van der Waals surface area contributed by atoms with Crippen LogP contribution in [0.3, 0.4) is 0 Å². The third kappa shape index (κ3) is 4.65. The fourth-order valence-electron chi connectivity index (χ4n) is 3.32. The molecule has 2 aromatic rings. The summed E-state index contributed by atoms with van der Waals surface area (Å²) in [4.78, 5) is -0.649. The van der Waals surface area contributed by atoms with Gasteiger partial charge in [0.05, 0.1) is 16.2 Å². The Balaban J connectivity index is 1.87. The van der Waals surface area contributed by atoms with Crippen LogP contribution in [0.4, 0.5) is 13.2 Å². The maximum Gasteiger partial charge on any atom is 0.263 e. The summed E-state index contributed by atoms with van der Waals surface area (Å²) in [6.07, 6.45) is -2.49. The number of alkyl halides is 2. The first-order chi connectivity index (χ1) is 13.5. The lowest BCUT2D eigenvalue weighted by molar-refractivity contribution is 0.0163. The standard InChI is InChI=1S/C19H19F3O5S2/c1-28(23,24)18-6-5-12(10-16(18)20)17-11-15(7-8-27-17)29(25,26)14-4-2-3-13(9-14)19(21)22/h2-6,9-10,15,17,19H,7-8,11H2,1H3. The molecular weight excluding hydrogens is 429 g/mol. The molecule has 2 unspecified atom stereocenters. The Morgan fingerprint density at radius 3 is 2.41 bits per heavy atom. The third-order valence-electron chi connectivity index (χ3n) is 4.84. The van der Waals surface area contributed by atoms with Gasteiger partial charge < -0.3 is 4.74 Å². The summed E-state index contributed by atoms with van der Waals surface area (Å²) in [5, 5.41) is -0.896. The van der Waals surface area contributed by atoms with E-state index in [1.807, 2.05) is 0 Å². The van der Waals surface area contributed by atoms with Gasteiger partial charge in [0.1, 0.15) is 10.7 Å². The van der Waals surface area contributed by atoms with Crippen molar-refractivity contribution < 1.29 is 34.7 Å². The van der Waals surface area contributed by atoms with Gasteiger partial charge in [0.2, 0.25) is 0 Å². The summed E-state index contributed by atoms with van der Waals surface area (Å²) in [5.41, 5.74) is -0.0655. The Hall–Kier alpha value is -1.91. The predicted octanol–water partition coefficient (Wildman–Crippen LogP) is 3.86. The smallest absolute Gasteiger partial charge is 0.263 e. The minimum Gasteiger partial charge on any atom is -0.373 e. The van der Waals surface area contributed by atoms with Gasteiger partial charge in [-0.25, -0.2) is 30.0 Å². The fraction of sp³-hybridized carbons (Fsp3) is 0.368. The average molecular weight is 448 g/mol. The van der Waals surface area contributed by atoms with Crippen LogP contribution in [0.15, 0.2) is 52.3 Å². The molecule has 1 fully saturated rings. The summed E-state index contributed by atoms with van der Waals surface area (Å²) < 4.78 is 94.6. The van der Waals surface area contributed by atoms with Gasteiger partial charge in [-0.3, -0.25) is 0 Å². The van der Waals surface area contributed by atoms with E-state index in [2.05, 4.69) is 0 Å². The molecule has 0 N–H and O–H groups in total. The van der Waals surface area contributed by atoms with E-state index in [1.165, 1.54) is 18.2 Å². The minimum absolute atomic E-state index is 0.00109. The molecule has 0 radical (unpaired) electrons. The highest BCUT2D eigenvalue weighted by Gasteiger charge is 2.35. The van der Waals surface area contributed by atoms with Gasteiger partial charge in [-0.05, 0) is 42.7 Å². The lowest BCUT2D eigenvalue weighted by Gasteiger charge is -2.30. The molecule has 0 aliphatic carbocycles.